The van der Waals surface area contributed by atoms with E-state index in [1.165, 1.54) is 32.1 Å². The van der Waals surface area contributed by atoms with Crippen LogP contribution in [0.15, 0.2) is 0 Å². The third kappa shape index (κ3) is 5.45. The van der Waals surface area contributed by atoms with Crippen molar-refractivity contribution in [3.05, 3.63) is 0 Å². The predicted molar refractivity (Wildman–Crippen MR) is 89.9 cm³/mol. The van der Waals surface area contributed by atoms with Crippen LogP contribution in [0.4, 0.5) is 4.79 Å². The quantitative estimate of drug-likeness (QED) is 0.814. The first-order valence-electron chi connectivity index (χ1n) is 8.87. The second kappa shape index (κ2) is 6.77. The highest BCUT2D eigenvalue weighted by Gasteiger charge is 2.45. The molecule has 0 saturated heterocycles. The highest BCUT2D eigenvalue weighted by atomic mass is 16.6. The van der Waals surface area contributed by atoms with Crippen molar-refractivity contribution in [3.8, 4) is 0 Å². The Morgan fingerprint density at radius 2 is 1.82 bits per heavy atom. The van der Waals surface area contributed by atoms with Crippen molar-refractivity contribution >= 4 is 6.09 Å². The van der Waals surface area contributed by atoms with Crippen LogP contribution < -0.4 is 10.6 Å². The van der Waals surface area contributed by atoms with Crippen molar-refractivity contribution in [1.29, 1.82) is 0 Å². The maximum Gasteiger partial charge on any atom is 0.407 e. The van der Waals surface area contributed by atoms with Gasteiger partial charge in [0, 0.05) is 12.6 Å². The minimum absolute atomic E-state index is 0.292. The van der Waals surface area contributed by atoms with E-state index in [1.807, 2.05) is 20.8 Å². The molecule has 0 aromatic carbocycles. The first kappa shape index (κ1) is 17.6. The molecule has 2 saturated carbocycles. The van der Waals surface area contributed by atoms with Crippen LogP contribution in [0.2, 0.25) is 0 Å². The Bertz CT molecular complexity index is 387. The fourth-order valence-electron chi connectivity index (χ4n) is 3.47. The summed E-state index contributed by atoms with van der Waals surface area (Å²) in [6.07, 6.45) is 6.05. The molecule has 2 aliphatic carbocycles. The standard InChI is InChI=1S/C18H34N2O2/c1-17(2,3)22-16(21)20-11-13-8-6-7-9-15(13)19-12-14-10-18(14,4)5/h13-15,19H,6-12H2,1-5H3,(H,20,21). The van der Waals surface area contributed by atoms with Crippen LogP contribution in [0.3, 0.4) is 0 Å². The summed E-state index contributed by atoms with van der Waals surface area (Å²) in [6.45, 7) is 12.2. The summed E-state index contributed by atoms with van der Waals surface area (Å²) in [5.41, 5.74) is 0.109. The van der Waals surface area contributed by atoms with Crippen LogP contribution in [0.1, 0.15) is 66.7 Å². The molecule has 128 valence electrons. The van der Waals surface area contributed by atoms with Gasteiger partial charge in [-0.05, 0) is 63.8 Å². The van der Waals surface area contributed by atoms with Crippen molar-refractivity contribution in [2.75, 3.05) is 13.1 Å². The Labute approximate surface area is 135 Å². The van der Waals surface area contributed by atoms with E-state index in [-0.39, 0.29) is 6.09 Å². The number of hydrogen-bond acceptors (Lipinski definition) is 3. The summed E-state index contributed by atoms with van der Waals surface area (Å²) in [4.78, 5) is 11.8. The summed E-state index contributed by atoms with van der Waals surface area (Å²) in [7, 11) is 0. The molecule has 22 heavy (non-hydrogen) atoms. The molecular formula is C18H34N2O2. The van der Waals surface area contributed by atoms with E-state index in [2.05, 4.69) is 24.5 Å². The molecule has 0 radical (unpaired) electrons. The van der Waals surface area contributed by atoms with Gasteiger partial charge in [0.05, 0.1) is 0 Å². The lowest BCUT2D eigenvalue weighted by Crippen LogP contribution is -2.45. The van der Waals surface area contributed by atoms with Crippen molar-refractivity contribution in [2.45, 2.75) is 78.4 Å². The third-order valence-corrected chi connectivity index (χ3v) is 5.16. The van der Waals surface area contributed by atoms with Crippen LogP contribution >= 0.6 is 0 Å². The van der Waals surface area contributed by atoms with E-state index in [0.717, 1.165) is 19.0 Å². The number of nitrogens with one attached hydrogen (secondary N) is 2. The van der Waals surface area contributed by atoms with Crippen LogP contribution in [-0.4, -0.2) is 30.8 Å². The van der Waals surface area contributed by atoms with Gasteiger partial charge in [-0.3, -0.25) is 0 Å². The fourth-order valence-corrected chi connectivity index (χ4v) is 3.47. The van der Waals surface area contributed by atoms with E-state index in [4.69, 9.17) is 4.74 Å². The highest BCUT2D eigenvalue weighted by Crippen LogP contribution is 2.51. The molecule has 0 aliphatic heterocycles. The topological polar surface area (TPSA) is 50.4 Å². The molecule has 0 heterocycles. The van der Waals surface area contributed by atoms with Gasteiger partial charge in [0.25, 0.3) is 0 Å². The molecule has 0 aromatic rings. The van der Waals surface area contributed by atoms with Crippen molar-refractivity contribution in [1.82, 2.24) is 10.6 Å². The molecule has 4 heteroatoms. The van der Waals surface area contributed by atoms with E-state index >= 15 is 0 Å². The van der Waals surface area contributed by atoms with Crippen molar-refractivity contribution < 1.29 is 9.53 Å². The molecule has 4 nitrogen and oxygen atoms in total. The number of amides is 1. The zero-order valence-electron chi connectivity index (χ0n) is 15.0. The van der Waals surface area contributed by atoms with E-state index in [0.29, 0.717) is 17.4 Å². The van der Waals surface area contributed by atoms with E-state index in [1.54, 1.807) is 0 Å². The number of rotatable bonds is 5. The second-order valence-corrected chi connectivity index (χ2v) is 8.83. The molecule has 3 unspecified atom stereocenters. The number of carbonyl (C=O) groups is 1. The Balaban J connectivity index is 1.73. The fraction of sp³-hybridized carbons (Fsp3) is 0.944. The van der Waals surface area contributed by atoms with Gasteiger partial charge in [0.1, 0.15) is 5.60 Å². The van der Waals surface area contributed by atoms with Crippen LogP contribution in [-0.2, 0) is 4.74 Å². The monoisotopic (exact) mass is 310 g/mol. The van der Waals surface area contributed by atoms with Gasteiger partial charge in [-0.25, -0.2) is 4.79 Å². The summed E-state index contributed by atoms with van der Waals surface area (Å²) in [5, 5.41) is 6.73. The van der Waals surface area contributed by atoms with Crippen LogP contribution in [0.25, 0.3) is 0 Å². The molecule has 1 amide bonds. The lowest BCUT2D eigenvalue weighted by molar-refractivity contribution is 0.0510. The van der Waals surface area contributed by atoms with Gasteiger partial charge in [-0.1, -0.05) is 26.7 Å². The first-order valence-corrected chi connectivity index (χ1v) is 8.87. The average Bonchev–Trinajstić information content (AvgIpc) is 3.00. The van der Waals surface area contributed by atoms with Gasteiger partial charge in [0.15, 0.2) is 0 Å². The Morgan fingerprint density at radius 1 is 1.18 bits per heavy atom. The molecular weight excluding hydrogens is 276 g/mol. The zero-order chi connectivity index (χ0) is 16.4. The predicted octanol–water partition coefficient (Wildman–Crippen LogP) is 3.71. The molecule has 0 bridgehead atoms. The van der Waals surface area contributed by atoms with Crippen LogP contribution in [0.5, 0.6) is 0 Å². The second-order valence-electron chi connectivity index (χ2n) is 8.83. The molecule has 0 aromatic heterocycles. The largest absolute Gasteiger partial charge is 0.444 e. The molecule has 2 fully saturated rings. The molecule has 2 rings (SSSR count). The van der Waals surface area contributed by atoms with Crippen LogP contribution in [0, 0.1) is 17.3 Å². The lowest BCUT2D eigenvalue weighted by atomic mass is 9.84. The molecule has 2 aliphatic rings. The van der Waals surface area contributed by atoms with Gasteiger partial charge in [-0.15, -0.1) is 0 Å². The van der Waals surface area contributed by atoms with E-state index in [9.17, 15) is 4.79 Å². The van der Waals surface area contributed by atoms with Gasteiger partial charge >= 0.3 is 6.09 Å². The lowest BCUT2D eigenvalue weighted by Gasteiger charge is -2.33. The number of alkyl carbamates (subject to hydrolysis) is 1. The number of ether oxygens (including phenoxy) is 1. The van der Waals surface area contributed by atoms with Crippen molar-refractivity contribution in [2.24, 2.45) is 17.3 Å². The Morgan fingerprint density at radius 3 is 2.41 bits per heavy atom. The molecule has 0 spiro atoms. The summed E-state index contributed by atoms with van der Waals surface area (Å²) < 4.78 is 5.33. The maximum absolute atomic E-state index is 11.8. The normalized spacial score (nSPS) is 30.7. The zero-order valence-corrected chi connectivity index (χ0v) is 15.0. The van der Waals surface area contributed by atoms with Gasteiger partial charge in [0.2, 0.25) is 0 Å². The van der Waals surface area contributed by atoms with Gasteiger partial charge in [-0.2, -0.15) is 0 Å². The maximum atomic E-state index is 11.8. The highest BCUT2D eigenvalue weighted by molar-refractivity contribution is 5.67. The minimum atomic E-state index is -0.425. The smallest absolute Gasteiger partial charge is 0.407 e. The Hall–Kier alpha value is -0.770. The summed E-state index contributed by atoms with van der Waals surface area (Å²) >= 11 is 0. The number of carbonyl (C=O) groups excluding carboxylic acids is 1. The molecule has 3 atom stereocenters. The average molecular weight is 310 g/mol. The third-order valence-electron chi connectivity index (χ3n) is 5.16. The minimum Gasteiger partial charge on any atom is -0.444 e. The van der Waals surface area contributed by atoms with Gasteiger partial charge < -0.3 is 15.4 Å². The summed E-state index contributed by atoms with van der Waals surface area (Å²) in [6, 6.07) is 0.542. The van der Waals surface area contributed by atoms with Crippen molar-refractivity contribution in [3.63, 3.8) is 0 Å². The molecule has 2 N–H and O–H groups in total. The Kier molecular flexibility index (Phi) is 5.41. The summed E-state index contributed by atoms with van der Waals surface area (Å²) in [5.74, 6) is 1.36. The van der Waals surface area contributed by atoms with E-state index < -0.39 is 5.60 Å². The first-order chi connectivity index (χ1) is 10.2. The SMILES string of the molecule is CC(C)(C)OC(=O)NCC1CCCCC1NCC1CC1(C)C. The number of hydrogen-bond donors (Lipinski definition) is 2.